The van der Waals surface area contributed by atoms with Gasteiger partial charge in [-0.1, -0.05) is 30.7 Å². The minimum absolute atomic E-state index is 0.0812. The Morgan fingerprint density at radius 2 is 1.70 bits per heavy atom. The summed E-state index contributed by atoms with van der Waals surface area (Å²) in [5, 5.41) is 0. The Labute approximate surface area is 160 Å². The van der Waals surface area contributed by atoms with E-state index in [2.05, 4.69) is 13.0 Å². The second-order valence-electron chi connectivity index (χ2n) is 8.21. The first-order chi connectivity index (χ1) is 13.0. The quantitative estimate of drug-likeness (QED) is 0.595. The van der Waals surface area contributed by atoms with E-state index in [1.165, 1.54) is 4.90 Å². The summed E-state index contributed by atoms with van der Waals surface area (Å²) < 4.78 is 0. The smallest absolute Gasteiger partial charge is 0.255 e. The topological polar surface area (TPSA) is 57.7 Å². The Kier molecular flexibility index (Phi) is 4.62. The zero-order chi connectivity index (χ0) is 19.1. The molecule has 1 aromatic carbocycles. The maximum absolute atomic E-state index is 13.1. The maximum Gasteiger partial charge on any atom is 0.255 e. The van der Waals surface area contributed by atoms with Gasteiger partial charge in [-0.3, -0.25) is 14.4 Å². The molecule has 2 heterocycles. The first kappa shape index (κ1) is 18.0. The molecule has 0 aromatic heterocycles. The monoisotopic (exact) mass is 366 g/mol. The second kappa shape index (κ2) is 6.95. The van der Waals surface area contributed by atoms with E-state index in [0.717, 1.165) is 31.5 Å². The van der Waals surface area contributed by atoms with Gasteiger partial charge in [0.25, 0.3) is 5.91 Å². The molecule has 4 rings (SSSR count). The van der Waals surface area contributed by atoms with Gasteiger partial charge in [0.05, 0.1) is 23.1 Å². The van der Waals surface area contributed by atoms with Gasteiger partial charge in [0.1, 0.15) is 0 Å². The van der Waals surface area contributed by atoms with Crippen molar-refractivity contribution >= 4 is 23.4 Å². The highest BCUT2D eigenvalue weighted by Gasteiger charge is 2.49. The number of carbonyl (C=O) groups is 3. The summed E-state index contributed by atoms with van der Waals surface area (Å²) in [4.78, 5) is 42.3. The molecule has 142 valence electrons. The molecule has 5 nitrogen and oxygen atoms in total. The second-order valence-corrected chi connectivity index (χ2v) is 8.21. The van der Waals surface area contributed by atoms with Crippen molar-refractivity contribution in [3.63, 3.8) is 0 Å². The van der Waals surface area contributed by atoms with Gasteiger partial charge >= 0.3 is 0 Å². The van der Waals surface area contributed by atoms with Crippen molar-refractivity contribution in [3.8, 4) is 0 Å². The SMILES string of the molecule is CC1=CC[C@H]2C(=O)N(c3ccccc3C(=O)N3CCC(C)CC3)C(=O)[C@H]2C1. The average molecular weight is 366 g/mol. The van der Waals surface area contributed by atoms with Gasteiger partial charge in [0, 0.05) is 13.1 Å². The van der Waals surface area contributed by atoms with Crippen LogP contribution in [0.15, 0.2) is 35.9 Å². The Morgan fingerprint density at radius 1 is 1.04 bits per heavy atom. The van der Waals surface area contributed by atoms with E-state index in [9.17, 15) is 14.4 Å². The number of hydrogen-bond acceptors (Lipinski definition) is 3. The lowest BCUT2D eigenvalue weighted by atomic mass is 9.82. The largest absolute Gasteiger partial charge is 0.339 e. The molecule has 2 fully saturated rings. The molecule has 0 bridgehead atoms. The number of carbonyl (C=O) groups excluding carboxylic acids is 3. The fourth-order valence-electron chi connectivity index (χ4n) is 4.51. The molecule has 0 spiro atoms. The van der Waals surface area contributed by atoms with Gasteiger partial charge in [-0.05, 0) is 50.7 Å². The number of benzene rings is 1. The van der Waals surface area contributed by atoms with E-state index in [0.29, 0.717) is 30.0 Å². The van der Waals surface area contributed by atoms with Crippen LogP contribution in [0, 0.1) is 17.8 Å². The van der Waals surface area contributed by atoms with Crippen molar-refractivity contribution in [2.24, 2.45) is 17.8 Å². The van der Waals surface area contributed by atoms with Crippen molar-refractivity contribution < 1.29 is 14.4 Å². The van der Waals surface area contributed by atoms with E-state index >= 15 is 0 Å². The molecular formula is C22H26N2O3. The van der Waals surface area contributed by atoms with Crippen molar-refractivity contribution in [1.82, 2.24) is 4.90 Å². The molecule has 1 aliphatic carbocycles. The Bertz CT molecular complexity index is 821. The molecule has 2 atom stereocenters. The van der Waals surface area contributed by atoms with Crippen molar-refractivity contribution in [1.29, 1.82) is 0 Å². The predicted octanol–water partition coefficient (Wildman–Crippen LogP) is 3.40. The minimum atomic E-state index is -0.291. The van der Waals surface area contributed by atoms with E-state index in [4.69, 9.17) is 0 Å². The van der Waals surface area contributed by atoms with Gasteiger partial charge in [0.2, 0.25) is 11.8 Å². The highest BCUT2D eigenvalue weighted by Crippen LogP contribution is 2.40. The number of fused-ring (bicyclic) bond motifs is 1. The van der Waals surface area contributed by atoms with E-state index in [-0.39, 0.29) is 29.6 Å². The van der Waals surface area contributed by atoms with Crippen LogP contribution in [0.5, 0.6) is 0 Å². The molecule has 0 unspecified atom stereocenters. The molecule has 0 radical (unpaired) electrons. The summed E-state index contributed by atoms with van der Waals surface area (Å²) in [5.74, 6) is -0.361. The van der Waals surface area contributed by atoms with Gasteiger partial charge < -0.3 is 4.90 Å². The number of hydrogen-bond donors (Lipinski definition) is 0. The van der Waals surface area contributed by atoms with Gasteiger partial charge in [-0.15, -0.1) is 0 Å². The minimum Gasteiger partial charge on any atom is -0.339 e. The Hall–Kier alpha value is -2.43. The standard InChI is InChI=1S/C22H26N2O3/c1-14-9-11-23(12-10-14)20(25)17-5-3-4-6-19(17)24-21(26)16-8-7-15(2)13-18(16)22(24)27/h3-7,14,16,18H,8-13H2,1-2H3/t16-,18+/m1/s1. The third-order valence-corrected chi connectivity index (χ3v) is 6.27. The van der Waals surface area contributed by atoms with E-state index < -0.39 is 0 Å². The van der Waals surface area contributed by atoms with E-state index in [1.807, 2.05) is 11.8 Å². The lowest BCUT2D eigenvalue weighted by Crippen LogP contribution is -2.39. The lowest BCUT2D eigenvalue weighted by molar-refractivity contribution is -0.122. The Balaban J connectivity index is 1.65. The zero-order valence-electron chi connectivity index (χ0n) is 16.0. The number of amides is 3. The fraction of sp³-hybridized carbons (Fsp3) is 0.500. The van der Waals surface area contributed by atoms with Gasteiger partial charge in [-0.2, -0.15) is 0 Å². The van der Waals surface area contributed by atoms with Crippen LogP contribution in [0.4, 0.5) is 5.69 Å². The van der Waals surface area contributed by atoms with Crippen LogP contribution in [0.25, 0.3) is 0 Å². The van der Waals surface area contributed by atoms with Crippen LogP contribution in [-0.4, -0.2) is 35.7 Å². The summed E-state index contributed by atoms with van der Waals surface area (Å²) in [7, 11) is 0. The highest BCUT2D eigenvalue weighted by molar-refractivity contribution is 6.24. The lowest BCUT2D eigenvalue weighted by Gasteiger charge is -2.31. The number of anilines is 1. The molecule has 0 N–H and O–H groups in total. The first-order valence-corrected chi connectivity index (χ1v) is 9.89. The third kappa shape index (κ3) is 3.09. The van der Waals surface area contributed by atoms with Gasteiger partial charge in [0.15, 0.2) is 0 Å². The number of allylic oxidation sites excluding steroid dienone is 2. The van der Waals surface area contributed by atoms with Gasteiger partial charge in [-0.25, -0.2) is 4.90 Å². The number of nitrogens with zero attached hydrogens (tertiary/aromatic N) is 2. The number of rotatable bonds is 2. The summed E-state index contributed by atoms with van der Waals surface area (Å²) in [5.41, 5.74) is 2.06. The molecule has 1 aromatic rings. The number of para-hydroxylation sites is 1. The molecule has 3 amide bonds. The number of imide groups is 1. The van der Waals surface area contributed by atoms with Crippen LogP contribution in [0.1, 0.15) is 49.9 Å². The van der Waals surface area contributed by atoms with Crippen LogP contribution in [0.2, 0.25) is 0 Å². The zero-order valence-corrected chi connectivity index (χ0v) is 16.0. The molecule has 0 saturated carbocycles. The van der Waals surface area contributed by atoms with E-state index in [1.54, 1.807) is 24.3 Å². The highest BCUT2D eigenvalue weighted by atomic mass is 16.2. The molecule has 3 aliphatic rings. The first-order valence-electron chi connectivity index (χ1n) is 9.89. The van der Waals surface area contributed by atoms with Crippen LogP contribution in [-0.2, 0) is 9.59 Å². The molecule has 2 aliphatic heterocycles. The molecular weight excluding hydrogens is 340 g/mol. The predicted molar refractivity (Wildman–Crippen MR) is 103 cm³/mol. The van der Waals surface area contributed by atoms with Crippen molar-refractivity contribution in [3.05, 3.63) is 41.5 Å². The average Bonchev–Trinajstić information content (AvgIpc) is 2.92. The van der Waals surface area contributed by atoms with Crippen LogP contribution < -0.4 is 4.90 Å². The summed E-state index contributed by atoms with van der Waals surface area (Å²) >= 11 is 0. The molecule has 5 heteroatoms. The summed E-state index contributed by atoms with van der Waals surface area (Å²) in [6.45, 7) is 5.66. The normalized spacial score (nSPS) is 26.2. The van der Waals surface area contributed by atoms with Crippen molar-refractivity contribution in [2.75, 3.05) is 18.0 Å². The molecule has 2 saturated heterocycles. The number of piperidine rings is 1. The summed E-state index contributed by atoms with van der Waals surface area (Å²) in [6.07, 6.45) is 5.28. The fourth-order valence-corrected chi connectivity index (χ4v) is 4.51. The maximum atomic E-state index is 13.1. The summed E-state index contributed by atoms with van der Waals surface area (Å²) in [6, 6.07) is 7.05. The number of likely N-dealkylation sites (tertiary alicyclic amines) is 1. The molecule has 27 heavy (non-hydrogen) atoms. The third-order valence-electron chi connectivity index (χ3n) is 6.27. The van der Waals surface area contributed by atoms with Crippen molar-refractivity contribution in [2.45, 2.75) is 39.5 Å². The van der Waals surface area contributed by atoms with Crippen LogP contribution >= 0.6 is 0 Å². The van der Waals surface area contributed by atoms with Crippen LogP contribution in [0.3, 0.4) is 0 Å². The Morgan fingerprint density at radius 3 is 2.44 bits per heavy atom.